The second-order valence-corrected chi connectivity index (χ2v) is 6.09. The fourth-order valence-electron chi connectivity index (χ4n) is 3.52. The molecule has 2 unspecified atom stereocenters. The standard InChI is InChI=1S/C16H21FN2O/c1-9-12-7-11(17)8-13(15(12)19-16(9)20)14(18)10-5-3-2-4-6-10/h7-10,14H,2-6,18H2,1H3,(H,19,20). The number of amides is 1. The molecule has 1 aliphatic heterocycles. The van der Waals surface area contributed by atoms with Crippen molar-refractivity contribution < 1.29 is 9.18 Å². The van der Waals surface area contributed by atoms with Gasteiger partial charge in [-0.05, 0) is 48.9 Å². The van der Waals surface area contributed by atoms with Gasteiger partial charge in [0.05, 0.1) is 5.92 Å². The number of anilines is 1. The van der Waals surface area contributed by atoms with Crippen LogP contribution < -0.4 is 11.1 Å². The average molecular weight is 276 g/mol. The van der Waals surface area contributed by atoms with Gasteiger partial charge in [0, 0.05) is 11.7 Å². The van der Waals surface area contributed by atoms with Gasteiger partial charge in [0.25, 0.3) is 0 Å². The van der Waals surface area contributed by atoms with Crippen LogP contribution in [0, 0.1) is 11.7 Å². The summed E-state index contributed by atoms with van der Waals surface area (Å²) in [5, 5.41) is 2.88. The van der Waals surface area contributed by atoms with Crippen LogP contribution in [0.1, 0.15) is 62.1 Å². The Bertz CT molecular complexity index is 538. The molecule has 3 N–H and O–H groups in total. The number of fused-ring (bicyclic) bond motifs is 1. The third kappa shape index (κ3) is 2.22. The Hall–Kier alpha value is -1.42. The maximum Gasteiger partial charge on any atom is 0.231 e. The van der Waals surface area contributed by atoms with E-state index in [9.17, 15) is 9.18 Å². The number of halogens is 1. The number of hydrogen-bond donors (Lipinski definition) is 2. The first kappa shape index (κ1) is 13.6. The summed E-state index contributed by atoms with van der Waals surface area (Å²) in [4.78, 5) is 11.8. The molecule has 1 amide bonds. The van der Waals surface area contributed by atoms with Crippen LogP contribution in [-0.4, -0.2) is 5.91 Å². The zero-order valence-electron chi connectivity index (χ0n) is 11.8. The van der Waals surface area contributed by atoms with Crippen LogP contribution >= 0.6 is 0 Å². The van der Waals surface area contributed by atoms with Gasteiger partial charge in [-0.15, -0.1) is 0 Å². The third-order valence-corrected chi connectivity index (χ3v) is 4.79. The highest BCUT2D eigenvalue weighted by molar-refractivity contribution is 6.03. The smallest absolute Gasteiger partial charge is 0.231 e. The molecule has 0 radical (unpaired) electrons. The molecule has 3 nitrogen and oxygen atoms in total. The van der Waals surface area contributed by atoms with Crippen molar-refractivity contribution in [1.82, 2.24) is 0 Å². The zero-order valence-corrected chi connectivity index (χ0v) is 11.8. The van der Waals surface area contributed by atoms with Crippen LogP contribution in [0.15, 0.2) is 12.1 Å². The summed E-state index contributed by atoms with van der Waals surface area (Å²) in [6, 6.07) is 2.76. The van der Waals surface area contributed by atoms with Crippen molar-refractivity contribution in [2.75, 3.05) is 5.32 Å². The van der Waals surface area contributed by atoms with E-state index >= 15 is 0 Å². The minimum Gasteiger partial charge on any atom is -0.325 e. The van der Waals surface area contributed by atoms with Crippen molar-refractivity contribution in [2.24, 2.45) is 11.7 Å². The topological polar surface area (TPSA) is 55.1 Å². The van der Waals surface area contributed by atoms with Crippen molar-refractivity contribution in [3.63, 3.8) is 0 Å². The Balaban J connectivity index is 1.97. The molecule has 1 fully saturated rings. The molecule has 3 rings (SSSR count). The molecule has 20 heavy (non-hydrogen) atoms. The van der Waals surface area contributed by atoms with Gasteiger partial charge in [0.1, 0.15) is 5.82 Å². The monoisotopic (exact) mass is 276 g/mol. The number of hydrogen-bond acceptors (Lipinski definition) is 2. The summed E-state index contributed by atoms with van der Waals surface area (Å²) in [6.07, 6.45) is 5.83. The Kier molecular flexibility index (Phi) is 3.50. The third-order valence-electron chi connectivity index (χ3n) is 4.79. The van der Waals surface area contributed by atoms with Gasteiger partial charge in [0.2, 0.25) is 5.91 Å². The lowest BCUT2D eigenvalue weighted by Gasteiger charge is -2.29. The highest BCUT2D eigenvalue weighted by Crippen LogP contribution is 2.42. The second kappa shape index (κ2) is 5.17. The largest absolute Gasteiger partial charge is 0.325 e. The van der Waals surface area contributed by atoms with Gasteiger partial charge >= 0.3 is 0 Å². The Morgan fingerprint density at radius 2 is 2.00 bits per heavy atom. The molecule has 0 spiro atoms. The Morgan fingerprint density at radius 3 is 2.70 bits per heavy atom. The maximum absolute atomic E-state index is 13.9. The molecule has 1 aliphatic carbocycles. The second-order valence-electron chi connectivity index (χ2n) is 6.09. The van der Waals surface area contributed by atoms with Gasteiger partial charge in [0.15, 0.2) is 0 Å². The lowest BCUT2D eigenvalue weighted by atomic mass is 9.80. The van der Waals surface area contributed by atoms with E-state index in [1.807, 2.05) is 0 Å². The van der Waals surface area contributed by atoms with Crippen molar-refractivity contribution in [3.05, 3.63) is 29.1 Å². The molecule has 0 aromatic heterocycles. The van der Waals surface area contributed by atoms with Crippen LogP contribution in [0.4, 0.5) is 10.1 Å². The minimum absolute atomic E-state index is 0.0669. The molecule has 1 aromatic rings. The molecule has 108 valence electrons. The lowest BCUT2D eigenvalue weighted by molar-refractivity contribution is -0.116. The predicted molar refractivity (Wildman–Crippen MR) is 76.9 cm³/mol. The van der Waals surface area contributed by atoms with Crippen molar-refractivity contribution in [3.8, 4) is 0 Å². The molecule has 1 saturated carbocycles. The van der Waals surface area contributed by atoms with Crippen LogP contribution in [0.5, 0.6) is 0 Å². The highest BCUT2D eigenvalue weighted by Gasteiger charge is 2.33. The van der Waals surface area contributed by atoms with Gasteiger partial charge in [-0.2, -0.15) is 0 Å². The number of nitrogens with one attached hydrogen (secondary N) is 1. The molecule has 1 heterocycles. The summed E-state index contributed by atoms with van der Waals surface area (Å²) in [7, 11) is 0. The predicted octanol–water partition coefficient (Wildman–Crippen LogP) is 3.46. The molecule has 0 bridgehead atoms. The fraction of sp³-hybridized carbons (Fsp3) is 0.562. The SMILES string of the molecule is CC1C(=O)Nc2c1cc(F)cc2C(N)C1CCCCC1. The zero-order chi connectivity index (χ0) is 14.3. The van der Waals surface area contributed by atoms with Gasteiger partial charge in [-0.1, -0.05) is 19.3 Å². The van der Waals surface area contributed by atoms with E-state index in [4.69, 9.17) is 5.73 Å². The molecule has 2 aliphatic rings. The Labute approximate surface area is 118 Å². The van der Waals surface area contributed by atoms with E-state index in [1.54, 1.807) is 6.92 Å². The van der Waals surface area contributed by atoms with Crippen molar-refractivity contribution >= 4 is 11.6 Å². The summed E-state index contributed by atoms with van der Waals surface area (Å²) in [6.45, 7) is 1.80. The van der Waals surface area contributed by atoms with Gasteiger partial charge in [-0.25, -0.2) is 4.39 Å². The average Bonchev–Trinajstić information content (AvgIpc) is 2.74. The maximum atomic E-state index is 13.9. The minimum atomic E-state index is -0.298. The van der Waals surface area contributed by atoms with E-state index in [0.29, 0.717) is 5.92 Å². The van der Waals surface area contributed by atoms with Crippen LogP contribution in [0.3, 0.4) is 0 Å². The van der Waals surface area contributed by atoms with E-state index in [-0.39, 0.29) is 23.7 Å². The number of rotatable bonds is 2. The number of carbonyl (C=O) groups excluding carboxylic acids is 1. The Morgan fingerprint density at radius 1 is 1.30 bits per heavy atom. The fourth-order valence-corrected chi connectivity index (χ4v) is 3.52. The molecule has 2 atom stereocenters. The van der Waals surface area contributed by atoms with Gasteiger partial charge < -0.3 is 11.1 Å². The first-order chi connectivity index (χ1) is 9.58. The van der Waals surface area contributed by atoms with Crippen molar-refractivity contribution in [1.29, 1.82) is 0 Å². The van der Waals surface area contributed by atoms with Crippen LogP contribution in [0.2, 0.25) is 0 Å². The summed E-state index contributed by atoms with van der Waals surface area (Å²) < 4.78 is 13.9. The van der Waals surface area contributed by atoms with Crippen LogP contribution in [0.25, 0.3) is 0 Å². The summed E-state index contributed by atoms with van der Waals surface area (Å²) in [5.41, 5.74) is 8.65. The first-order valence-electron chi connectivity index (χ1n) is 7.47. The molecular weight excluding hydrogens is 255 g/mol. The van der Waals surface area contributed by atoms with Crippen molar-refractivity contribution in [2.45, 2.75) is 51.0 Å². The number of carbonyl (C=O) groups is 1. The molecule has 1 aromatic carbocycles. The highest BCUT2D eigenvalue weighted by atomic mass is 19.1. The van der Waals surface area contributed by atoms with E-state index in [1.165, 1.54) is 31.4 Å². The van der Waals surface area contributed by atoms with E-state index < -0.39 is 0 Å². The molecular formula is C16H21FN2O. The molecule has 0 saturated heterocycles. The quantitative estimate of drug-likeness (QED) is 0.869. The van der Waals surface area contributed by atoms with Gasteiger partial charge in [-0.3, -0.25) is 4.79 Å². The summed E-state index contributed by atoms with van der Waals surface area (Å²) >= 11 is 0. The van der Waals surface area contributed by atoms with Crippen LogP contribution in [-0.2, 0) is 4.79 Å². The molecule has 4 heteroatoms. The van der Waals surface area contributed by atoms with E-state index in [0.717, 1.165) is 29.7 Å². The normalized spacial score (nSPS) is 24.4. The number of nitrogens with two attached hydrogens (primary N) is 1. The summed E-state index contributed by atoms with van der Waals surface area (Å²) in [5.74, 6) is -0.267. The van der Waals surface area contributed by atoms with E-state index in [2.05, 4.69) is 5.32 Å². The number of benzene rings is 1. The first-order valence-corrected chi connectivity index (χ1v) is 7.47. The lowest BCUT2D eigenvalue weighted by Crippen LogP contribution is -2.24.